The first kappa shape index (κ1) is 14.3. The lowest BCUT2D eigenvalue weighted by atomic mass is 10.2. The van der Waals surface area contributed by atoms with E-state index in [1.165, 1.54) is 22.5 Å². The molecule has 2 aliphatic heterocycles. The topological polar surface area (TPSA) is 58.3 Å². The van der Waals surface area contributed by atoms with Crippen LogP contribution in [-0.2, 0) is 12.8 Å². The van der Waals surface area contributed by atoms with Crippen molar-refractivity contribution in [3.8, 4) is 0 Å². The summed E-state index contributed by atoms with van der Waals surface area (Å²) >= 11 is 0. The molecule has 0 unspecified atom stereocenters. The fourth-order valence-electron chi connectivity index (χ4n) is 3.92. The quantitative estimate of drug-likeness (QED) is 0.780. The number of fused-ring (bicyclic) bond motifs is 2. The van der Waals surface area contributed by atoms with E-state index in [2.05, 4.69) is 68.3 Å². The summed E-state index contributed by atoms with van der Waals surface area (Å²) in [5.41, 5.74) is 12.3. The fourth-order valence-corrected chi connectivity index (χ4v) is 3.92. The van der Waals surface area contributed by atoms with E-state index in [0.29, 0.717) is 5.69 Å². The third-order valence-electron chi connectivity index (χ3n) is 5.13. The second-order valence-corrected chi connectivity index (χ2v) is 6.50. The maximum Gasteiger partial charge on any atom is 0.161 e. The van der Waals surface area contributed by atoms with E-state index < -0.39 is 0 Å². The smallest absolute Gasteiger partial charge is 0.161 e. The van der Waals surface area contributed by atoms with Crippen molar-refractivity contribution in [3.63, 3.8) is 0 Å². The summed E-state index contributed by atoms with van der Waals surface area (Å²) in [6.45, 7) is 1.80. The van der Waals surface area contributed by atoms with E-state index in [4.69, 9.17) is 5.73 Å². The molecule has 5 rings (SSSR count). The van der Waals surface area contributed by atoms with Crippen LogP contribution < -0.4 is 15.5 Å². The predicted molar refractivity (Wildman–Crippen MR) is 101 cm³/mol. The number of anilines is 5. The Hall–Kier alpha value is -3.08. The van der Waals surface area contributed by atoms with Gasteiger partial charge in [-0.05, 0) is 36.1 Å². The van der Waals surface area contributed by atoms with E-state index >= 15 is 0 Å². The number of benzene rings is 2. The van der Waals surface area contributed by atoms with Gasteiger partial charge in [0.05, 0.1) is 0 Å². The van der Waals surface area contributed by atoms with Crippen LogP contribution in [0.15, 0.2) is 54.9 Å². The van der Waals surface area contributed by atoms with Crippen LogP contribution in [-0.4, -0.2) is 23.1 Å². The lowest BCUT2D eigenvalue weighted by Crippen LogP contribution is -2.21. The second-order valence-electron chi connectivity index (χ2n) is 6.50. The van der Waals surface area contributed by atoms with Crippen LogP contribution >= 0.6 is 0 Å². The summed E-state index contributed by atoms with van der Waals surface area (Å²) in [7, 11) is 0. The van der Waals surface area contributed by atoms with Gasteiger partial charge in [0.1, 0.15) is 12.0 Å². The molecule has 3 heterocycles. The first-order valence-electron chi connectivity index (χ1n) is 8.64. The Bertz CT molecular complexity index is 879. The average Bonchev–Trinajstić information content (AvgIpc) is 3.26. The van der Waals surface area contributed by atoms with Crippen molar-refractivity contribution in [1.82, 2.24) is 9.97 Å². The second kappa shape index (κ2) is 5.48. The van der Waals surface area contributed by atoms with Gasteiger partial charge in [-0.3, -0.25) is 0 Å². The molecule has 25 heavy (non-hydrogen) atoms. The molecule has 0 amide bonds. The molecule has 2 aromatic carbocycles. The van der Waals surface area contributed by atoms with Gasteiger partial charge in [-0.25, -0.2) is 9.97 Å². The Morgan fingerprint density at radius 1 is 0.720 bits per heavy atom. The molecule has 2 N–H and O–H groups in total. The predicted octanol–water partition coefficient (Wildman–Crippen LogP) is 3.45. The molecule has 2 aliphatic rings. The number of hydrogen-bond donors (Lipinski definition) is 1. The number of hydrogen-bond acceptors (Lipinski definition) is 5. The molecule has 0 spiro atoms. The van der Waals surface area contributed by atoms with Crippen molar-refractivity contribution in [2.24, 2.45) is 0 Å². The van der Waals surface area contributed by atoms with Crippen LogP contribution in [0.2, 0.25) is 0 Å². The Morgan fingerprint density at radius 2 is 1.20 bits per heavy atom. The van der Waals surface area contributed by atoms with Gasteiger partial charge in [-0.15, -0.1) is 0 Å². The van der Waals surface area contributed by atoms with Crippen LogP contribution in [0.3, 0.4) is 0 Å². The molecule has 0 radical (unpaired) electrons. The number of rotatable bonds is 2. The van der Waals surface area contributed by atoms with Crippen molar-refractivity contribution in [1.29, 1.82) is 0 Å². The van der Waals surface area contributed by atoms with Gasteiger partial charge in [-0.1, -0.05) is 36.4 Å². The highest BCUT2D eigenvalue weighted by atomic mass is 15.3. The molecule has 0 aliphatic carbocycles. The normalized spacial score (nSPS) is 15.4. The molecule has 0 saturated heterocycles. The van der Waals surface area contributed by atoms with Crippen molar-refractivity contribution in [2.75, 3.05) is 28.6 Å². The van der Waals surface area contributed by atoms with Crippen LogP contribution in [0, 0.1) is 0 Å². The third kappa shape index (κ3) is 2.16. The number of aromatic nitrogens is 2. The monoisotopic (exact) mass is 329 g/mol. The van der Waals surface area contributed by atoms with Gasteiger partial charge in [0.2, 0.25) is 0 Å². The zero-order chi connectivity index (χ0) is 16.8. The van der Waals surface area contributed by atoms with Crippen molar-refractivity contribution < 1.29 is 0 Å². The molecule has 0 saturated carbocycles. The molecule has 5 heteroatoms. The van der Waals surface area contributed by atoms with E-state index in [1.54, 1.807) is 6.33 Å². The molecule has 0 fully saturated rings. The van der Waals surface area contributed by atoms with Gasteiger partial charge >= 0.3 is 0 Å². The van der Waals surface area contributed by atoms with Crippen LogP contribution in [0.1, 0.15) is 11.1 Å². The van der Waals surface area contributed by atoms with Gasteiger partial charge in [0.15, 0.2) is 11.6 Å². The average molecular weight is 329 g/mol. The standard InChI is InChI=1S/C20H19N5/c21-18-19(24-11-9-14-5-1-3-7-16(14)24)22-13-23-20(18)25-12-10-15-6-2-4-8-17(15)25/h1-8,13H,9-12,21H2. The number of nitrogens with zero attached hydrogens (tertiary/aromatic N) is 4. The maximum atomic E-state index is 6.55. The zero-order valence-corrected chi connectivity index (χ0v) is 13.9. The minimum Gasteiger partial charge on any atom is -0.393 e. The number of nitrogens with two attached hydrogens (primary N) is 1. The SMILES string of the molecule is Nc1c(N2CCc3ccccc32)ncnc1N1CCc2ccccc21. The van der Waals surface area contributed by atoms with E-state index in [1.807, 2.05) is 0 Å². The minimum absolute atomic E-state index is 0.649. The van der Waals surface area contributed by atoms with Crippen molar-refractivity contribution in [2.45, 2.75) is 12.8 Å². The summed E-state index contributed by atoms with van der Waals surface area (Å²) in [6.07, 6.45) is 3.66. The van der Waals surface area contributed by atoms with Crippen LogP contribution in [0.5, 0.6) is 0 Å². The molecule has 1 aromatic heterocycles. The highest BCUT2D eigenvalue weighted by Crippen LogP contribution is 2.41. The van der Waals surface area contributed by atoms with E-state index in [9.17, 15) is 0 Å². The summed E-state index contributed by atoms with van der Waals surface area (Å²) in [6, 6.07) is 16.9. The van der Waals surface area contributed by atoms with E-state index in [0.717, 1.165) is 37.6 Å². The Morgan fingerprint density at radius 3 is 1.72 bits per heavy atom. The molecule has 124 valence electrons. The Kier molecular flexibility index (Phi) is 3.13. The molecule has 0 bridgehead atoms. The lowest BCUT2D eigenvalue weighted by molar-refractivity contribution is 0.942. The Labute approximate surface area is 146 Å². The fraction of sp³-hybridized carbons (Fsp3) is 0.200. The van der Waals surface area contributed by atoms with Gasteiger partial charge in [0.25, 0.3) is 0 Å². The highest BCUT2D eigenvalue weighted by molar-refractivity contribution is 5.85. The summed E-state index contributed by atoms with van der Waals surface area (Å²) < 4.78 is 0. The molecular formula is C20H19N5. The van der Waals surface area contributed by atoms with Crippen LogP contribution in [0.4, 0.5) is 28.7 Å². The highest BCUT2D eigenvalue weighted by Gasteiger charge is 2.28. The van der Waals surface area contributed by atoms with E-state index in [-0.39, 0.29) is 0 Å². The summed E-state index contributed by atoms with van der Waals surface area (Å²) in [5, 5.41) is 0. The summed E-state index contributed by atoms with van der Waals surface area (Å²) in [5.74, 6) is 1.61. The minimum atomic E-state index is 0.649. The number of nitrogen functional groups attached to an aromatic ring is 1. The molecule has 0 atom stereocenters. The molecule has 3 aromatic rings. The largest absolute Gasteiger partial charge is 0.393 e. The Balaban J connectivity index is 1.58. The van der Waals surface area contributed by atoms with Gasteiger partial charge in [-0.2, -0.15) is 0 Å². The van der Waals surface area contributed by atoms with Crippen molar-refractivity contribution in [3.05, 3.63) is 66.0 Å². The summed E-state index contributed by atoms with van der Waals surface area (Å²) in [4.78, 5) is 13.4. The molecule has 5 nitrogen and oxygen atoms in total. The maximum absolute atomic E-state index is 6.55. The third-order valence-corrected chi connectivity index (χ3v) is 5.13. The molecular weight excluding hydrogens is 310 g/mol. The van der Waals surface area contributed by atoms with Crippen LogP contribution in [0.25, 0.3) is 0 Å². The zero-order valence-electron chi connectivity index (χ0n) is 13.9. The van der Waals surface area contributed by atoms with Gasteiger partial charge in [0, 0.05) is 24.5 Å². The lowest BCUT2D eigenvalue weighted by Gasteiger charge is -2.24. The first-order valence-corrected chi connectivity index (χ1v) is 8.64. The van der Waals surface area contributed by atoms with Crippen molar-refractivity contribution >= 4 is 28.7 Å². The van der Waals surface area contributed by atoms with Gasteiger partial charge < -0.3 is 15.5 Å². The first-order chi connectivity index (χ1) is 12.3. The number of para-hydroxylation sites is 2.